The Hall–Kier alpha value is -2.58. The molecule has 0 spiro atoms. The molecule has 2 rings (SSSR count). The molecule has 106 valence electrons. The molecule has 6 heteroatoms. The number of nitrogens with zero attached hydrogens (tertiary/aromatic N) is 3. The Kier molecular flexibility index (Phi) is 4.41. The van der Waals surface area contributed by atoms with Crippen molar-refractivity contribution in [2.75, 3.05) is 24.3 Å². The molecule has 1 amide bonds. The van der Waals surface area contributed by atoms with Gasteiger partial charge in [0.15, 0.2) is 0 Å². The van der Waals surface area contributed by atoms with Gasteiger partial charge in [-0.15, -0.1) is 0 Å². The topological polar surface area (TPSA) is 69.0 Å². The van der Waals surface area contributed by atoms with E-state index in [4.69, 9.17) is 16.9 Å². The Labute approximate surface area is 127 Å². The average molecular weight is 301 g/mol. The molecule has 0 radical (unpaired) electrons. The van der Waals surface area contributed by atoms with E-state index in [-0.39, 0.29) is 11.1 Å². The molecule has 0 bridgehead atoms. The number of amides is 1. The lowest BCUT2D eigenvalue weighted by molar-refractivity contribution is 0.102. The maximum atomic E-state index is 12.3. The average Bonchev–Trinajstić information content (AvgIpc) is 2.47. The number of hydrogen-bond acceptors (Lipinski definition) is 4. The second-order valence-electron chi connectivity index (χ2n) is 4.54. The summed E-state index contributed by atoms with van der Waals surface area (Å²) in [5.41, 5.74) is 1.25. The van der Waals surface area contributed by atoms with Gasteiger partial charge in [-0.05, 0) is 24.3 Å². The normalized spacial score (nSPS) is 9.81. The number of para-hydroxylation sites is 1. The van der Waals surface area contributed by atoms with Crippen LogP contribution in [0.1, 0.15) is 15.9 Å². The van der Waals surface area contributed by atoms with E-state index in [2.05, 4.69) is 10.3 Å². The zero-order valence-corrected chi connectivity index (χ0v) is 12.3. The number of rotatable bonds is 3. The highest BCUT2D eigenvalue weighted by Gasteiger charge is 2.12. The number of anilines is 2. The number of halogens is 1. The molecule has 1 aromatic carbocycles. The van der Waals surface area contributed by atoms with Gasteiger partial charge in [0.25, 0.3) is 5.91 Å². The maximum Gasteiger partial charge on any atom is 0.255 e. The molecule has 0 saturated heterocycles. The van der Waals surface area contributed by atoms with Crippen molar-refractivity contribution < 1.29 is 4.79 Å². The number of pyridine rings is 1. The van der Waals surface area contributed by atoms with Gasteiger partial charge in [0.2, 0.25) is 0 Å². The third-order valence-electron chi connectivity index (χ3n) is 2.80. The van der Waals surface area contributed by atoms with Crippen LogP contribution < -0.4 is 10.2 Å². The Bertz CT molecular complexity index is 722. The van der Waals surface area contributed by atoms with Gasteiger partial charge in [-0.1, -0.05) is 23.7 Å². The van der Waals surface area contributed by atoms with Crippen LogP contribution in [0.4, 0.5) is 11.5 Å². The van der Waals surface area contributed by atoms with Gasteiger partial charge in [0.1, 0.15) is 17.0 Å². The van der Waals surface area contributed by atoms with E-state index < -0.39 is 0 Å². The summed E-state index contributed by atoms with van der Waals surface area (Å²) in [7, 11) is 3.62. The van der Waals surface area contributed by atoms with Gasteiger partial charge in [0, 0.05) is 19.7 Å². The van der Waals surface area contributed by atoms with Crippen LogP contribution in [-0.4, -0.2) is 25.0 Å². The lowest BCUT2D eigenvalue weighted by atomic mass is 10.1. The molecule has 0 atom stereocenters. The summed E-state index contributed by atoms with van der Waals surface area (Å²) >= 11 is 5.93. The molecule has 0 saturated carbocycles. The summed E-state index contributed by atoms with van der Waals surface area (Å²) < 4.78 is 0. The van der Waals surface area contributed by atoms with Crippen LogP contribution >= 0.6 is 11.6 Å². The fraction of sp³-hybridized carbons (Fsp3) is 0.133. The monoisotopic (exact) mass is 300 g/mol. The zero-order chi connectivity index (χ0) is 15.4. The van der Waals surface area contributed by atoms with Crippen molar-refractivity contribution in [1.29, 1.82) is 5.26 Å². The van der Waals surface area contributed by atoms with Crippen LogP contribution in [0.25, 0.3) is 0 Å². The van der Waals surface area contributed by atoms with E-state index in [0.717, 1.165) is 0 Å². The number of aromatic nitrogens is 1. The minimum atomic E-state index is -0.342. The van der Waals surface area contributed by atoms with E-state index >= 15 is 0 Å². The van der Waals surface area contributed by atoms with Gasteiger partial charge >= 0.3 is 0 Å². The van der Waals surface area contributed by atoms with E-state index in [1.807, 2.05) is 20.2 Å². The summed E-state index contributed by atoms with van der Waals surface area (Å²) in [6, 6.07) is 12.0. The van der Waals surface area contributed by atoms with Gasteiger partial charge in [0.05, 0.1) is 11.3 Å². The highest BCUT2D eigenvalue weighted by Crippen LogP contribution is 2.19. The van der Waals surface area contributed by atoms with Crippen molar-refractivity contribution in [2.45, 2.75) is 0 Å². The lowest BCUT2D eigenvalue weighted by Gasteiger charge is -2.13. The number of benzene rings is 1. The minimum Gasteiger partial charge on any atom is -0.363 e. The molecule has 5 nitrogen and oxygen atoms in total. The van der Waals surface area contributed by atoms with Crippen LogP contribution in [0, 0.1) is 11.3 Å². The summed E-state index contributed by atoms with van der Waals surface area (Å²) in [4.78, 5) is 18.2. The maximum absolute atomic E-state index is 12.3. The molecule has 0 aliphatic rings. The second kappa shape index (κ2) is 6.25. The molecule has 1 heterocycles. The van der Waals surface area contributed by atoms with E-state index in [1.165, 1.54) is 6.07 Å². The van der Waals surface area contributed by atoms with Crippen molar-refractivity contribution in [3.05, 3.63) is 52.7 Å². The van der Waals surface area contributed by atoms with Crippen molar-refractivity contribution >= 4 is 29.0 Å². The van der Waals surface area contributed by atoms with Crippen molar-refractivity contribution in [3.63, 3.8) is 0 Å². The van der Waals surface area contributed by atoms with Crippen LogP contribution in [-0.2, 0) is 0 Å². The van der Waals surface area contributed by atoms with Crippen LogP contribution in [0.15, 0.2) is 36.4 Å². The predicted molar refractivity (Wildman–Crippen MR) is 82.7 cm³/mol. The third kappa shape index (κ3) is 3.50. The van der Waals surface area contributed by atoms with E-state index in [9.17, 15) is 4.79 Å². The Morgan fingerprint density at radius 3 is 2.71 bits per heavy atom. The molecular weight excluding hydrogens is 288 g/mol. The fourth-order valence-electron chi connectivity index (χ4n) is 1.73. The van der Waals surface area contributed by atoms with Crippen molar-refractivity contribution in [3.8, 4) is 6.07 Å². The minimum absolute atomic E-state index is 0.236. The van der Waals surface area contributed by atoms with Gasteiger partial charge in [-0.2, -0.15) is 5.26 Å². The van der Waals surface area contributed by atoms with Crippen LogP contribution in [0.3, 0.4) is 0 Å². The highest BCUT2D eigenvalue weighted by atomic mass is 35.5. The summed E-state index contributed by atoms with van der Waals surface area (Å²) in [5.74, 6) is 0.242. The molecular formula is C15H13ClN4O. The first-order valence-corrected chi connectivity index (χ1v) is 6.54. The Morgan fingerprint density at radius 2 is 2.05 bits per heavy atom. The van der Waals surface area contributed by atoms with Crippen LogP contribution in [0.2, 0.25) is 5.15 Å². The zero-order valence-electron chi connectivity index (χ0n) is 11.6. The second-order valence-corrected chi connectivity index (χ2v) is 4.93. The van der Waals surface area contributed by atoms with E-state index in [1.54, 1.807) is 35.2 Å². The summed E-state index contributed by atoms with van der Waals surface area (Å²) in [6.45, 7) is 0. The molecule has 1 aromatic heterocycles. The number of nitrogens with one attached hydrogen (secondary N) is 1. The Morgan fingerprint density at radius 1 is 1.33 bits per heavy atom. The van der Waals surface area contributed by atoms with Gasteiger partial charge in [-0.25, -0.2) is 4.98 Å². The molecule has 0 aliphatic carbocycles. The summed E-state index contributed by atoms with van der Waals surface area (Å²) in [5, 5.41) is 12.0. The highest BCUT2D eigenvalue weighted by molar-refractivity contribution is 6.30. The number of carbonyl (C=O) groups excluding carboxylic acids is 1. The molecule has 0 fully saturated rings. The predicted octanol–water partition coefficient (Wildman–Crippen LogP) is 2.92. The standard InChI is InChI=1S/C15H13ClN4O/c1-20(2)14-8-11(7-13(16)19-14)15(21)18-12-6-4-3-5-10(12)9-17/h3-8H,1-2H3,(H,18,21). The molecule has 2 aromatic rings. The lowest BCUT2D eigenvalue weighted by Crippen LogP contribution is -2.16. The summed E-state index contributed by atoms with van der Waals surface area (Å²) in [6.07, 6.45) is 0. The SMILES string of the molecule is CN(C)c1cc(C(=O)Nc2ccccc2C#N)cc(Cl)n1. The fourth-order valence-corrected chi connectivity index (χ4v) is 1.93. The van der Waals surface area contributed by atoms with Gasteiger partial charge in [-0.3, -0.25) is 4.79 Å². The smallest absolute Gasteiger partial charge is 0.255 e. The largest absolute Gasteiger partial charge is 0.363 e. The molecule has 0 unspecified atom stereocenters. The Balaban J connectivity index is 2.31. The number of nitriles is 1. The first-order valence-electron chi connectivity index (χ1n) is 6.16. The number of carbonyl (C=O) groups is 1. The first-order chi connectivity index (χ1) is 10.0. The quantitative estimate of drug-likeness (QED) is 0.885. The van der Waals surface area contributed by atoms with E-state index in [0.29, 0.717) is 22.6 Å². The van der Waals surface area contributed by atoms with Crippen LogP contribution in [0.5, 0.6) is 0 Å². The van der Waals surface area contributed by atoms with Gasteiger partial charge < -0.3 is 10.2 Å². The molecule has 21 heavy (non-hydrogen) atoms. The van der Waals surface area contributed by atoms with Crippen molar-refractivity contribution in [2.24, 2.45) is 0 Å². The molecule has 0 aliphatic heterocycles. The third-order valence-corrected chi connectivity index (χ3v) is 2.99. The number of hydrogen-bond donors (Lipinski definition) is 1. The van der Waals surface area contributed by atoms with Crippen molar-refractivity contribution in [1.82, 2.24) is 4.98 Å². The first kappa shape index (κ1) is 14.8. The molecule has 1 N–H and O–H groups in total.